The van der Waals surface area contributed by atoms with Gasteiger partial charge in [-0.25, -0.2) is 4.68 Å². The summed E-state index contributed by atoms with van der Waals surface area (Å²) in [6.07, 6.45) is -2.97. The molecule has 2 N–H and O–H groups in total. The number of amides is 2. The van der Waals surface area contributed by atoms with E-state index in [-0.39, 0.29) is 17.9 Å². The van der Waals surface area contributed by atoms with Crippen LogP contribution in [-0.2, 0) is 17.4 Å². The largest absolute Gasteiger partial charge is 0.433 e. The molecule has 0 atom stereocenters. The van der Waals surface area contributed by atoms with Crippen LogP contribution in [0.15, 0.2) is 97.2 Å². The van der Waals surface area contributed by atoms with E-state index >= 15 is 0 Å². The molecule has 0 radical (unpaired) electrons. The molecule has 0 spiro atoms. The third-order valence-corrected chi connectivity index (χ3v) is 6.89. The minimum Gasteiger partial charge on any atom is -0.359 e. The molecular formula is C33H28F3N5O2. The van der Waals surface area contributed by atoms with Crippen LogP contribution in [0.25, 0.3) is 28.1 Å². The van der Waals surface area contributed by atoms with Crippen LogP contribution in [-0.4, -0.2) is 33.6 Å². The fourth-order valence-corrected chi connectivity index (χ4v) is 4.52. The quantitative estimate of drug-likeness (QED) is 0.209. The van der Waals surface area contributed by atoms with Gasteiger partial charge < -0.3 is 10.6 Å². The molecule has 5 aromatic rings. The molecular weight excluding hydrogens is 555 g/mol. The normalized spacial score (nSPS) is 11.3. The lowest BCUT2D eigenvalue weighted by Crippen LogP contribution is -2.18. The van der Waals surface area contributed by atoms with Crippen LogP contribution in [0.3, 0.4) is 0 Å². The van der Waals surface area contributed by atoms with E-state index < -0.39 is 17.8 Å². The van der Waals surface area contributed by atoms with E-state index in [2.05, 4.69) is 39.9 Å². The maximum Gasteiger partial charge on any atom is 0.433 e. The van der Waals surface area contributed by atoms with Crippen molar-refractivity contribution in [1.82, 2.24) is 20.1 Å². The van der Waals surface area contributed by atoms with E-state index in [0.29, 0.717) is 23.9 Å². The summed E-state index contributed by atoms with van der Waals surface area (Å²) in [7, 11) is 1.59. The van der Waals surface area contributed by atoms with E-state index in [1.165, 1.54) is 11.6 Å². The first-order chi connectivity index (χ1) is 20.6. The van der Waals surface area contributed by atoms with Gasteiger partial charge in [-0.05, 0) is 60.5 Å². The summed E-state index contributed by atoms with van der Waals surface area (Å²) in [5, 5.41) is 10.0. The van der Waals surface area contributed by atoms with Gasteiger partial charge in [-0.1, -0.05) is 54.1 Å². The average Bonchev–Trinajstić information content (AvgIpc) is 3.44. The molecule has 0 unspecified atom stereocenters. The molecule has 0 saturated heterocycles. The Morgan fingerprint density at radius 3 is 2.09 bits per heavy atom. The highest BCUT2D eigenvalue weighted by atomic mass is 19.4. The van der Waals surface area contributed by atoms with Crippen molar-refractivity contribution in [2.75, 3.05) is 12.4 Å². The van der Waals surface area contributed by atoms with Gasteiger partial charge in [0, 0.05) is 42.9 Å². The number of halogens is 3. The number of hydrogen-bond acceptors (Lipinski definition) is 4. The summed E-state index contributed by atoms with van der Waals surface area (Å²) in [6.45, 7) is 2.05. The standard InChI is InChI=1S/C33H28F3N5O2/c1-21-3-5-22(6-4-21)23-7-9-24(10-8-23)29-20-27(13-16-31(42)37-2)40-41(29)28-14-11-26(12-15-28)39-32(43)25-17-18-38-30(19-25)33(34,35)36/h3-12,14-15,17-20H,13,16H2,1-2H3,(H,37,42)(H,39,43). The number of alkyl halides is 3. The van der Waals surface area contributed by atoms with Crippen LogP contribution in [0.4, 0.5) is 18.9 Å². The molecule has 0 aliphatic heterocycles. The number of rotatable bonds is 8. The van der Waals surface area contributed by atoms with Gasteiger partial charge in [0.1, 0.15) is 5.69 Å². The van der Waals surface area contributed by atoms with E-state index in [9.17, 15) is 22.8 Å². The number of anilines is 1. The van der Waals surface area contributed by atoms with Crippen molar-refractivity contribution >= 4 is 17.5 Å². The lowest BCUT2D eigenvalue weighted by molar-refractivity contribution is -0.141. The van der Waals surface area contributed by atoms with Crippen molar-refractivity contribution in [1.29, 1.82) is 0 Å². The van der Waals surface area contributed by atoms with Crippen molar-refractivity contribution in [3.8, 4) is 28.1 Å². The molecule has 2 aromatic heterocycles. The summed E-state index contributed by atoms with van der Waals surface area (Å²) in [5.41, 5.74) is 5.64. The van der Waals surface area contributed by atoms with E-state index in [1.54, 1.807) is 36.0 Å². The number of nitrogens with one attached hydrogen (secondary N) is 2. The summed E-state index contributed by atoms with van der Waals surface area (Å²) < 4.78 is 40.8. The van der Waals surface area contributed by atoms with Crippen LogP contribution in [0, 0.1) is 6.92 Å². The number of aryl methyl sites for hydroxylation is 2. The fourth-order valence-electron chi connectivity index (χ4n) is 4.52. The molecule has 0 saturated carbocycles. The van der Waals surface area contributed by atoms with Gasteiger partial charge in [-0.15, -0.1) is 0 Å². The maximum atomic E-state index is 13.0. The Hall–Kier alpha value is -5.25. The molecule has 0 fully saturated rings. The number of nitrogens with zero attached hydrogens (tertiary/aromatic N) is 3. The Kier molecular flexibility index (Phi) is 8.38. The fraction of sp³-hybridized carbons (Fsp3) is 0.152. The minimum absolute atomic E-state index is 0.0878. The SMILES string of the molecule is CNC(=O)CCc1cc(-c2ccc(-c3ccc(C)cc3)cc2)n(-c2ccc(NC(=O)c3ccnc(C(F)(F)F)c3)cc2)n1. The molecule has 0 aliphatic carbocycles. The zero-order valence-corrected chi connectivity index (χ0v) is 23.4. The summed E-state index contributed by atoms with van der Waals surface area (Å²) in [4.78, 5) is 27.8. The first-order valence-electron chi connectivity index (χ1n) is 13.5. The van der Waals surface area contributed by atoms with Gasteiger partial charge in [-0.3, -0.25) is 14.6 Å². The molecule has 218 valence electrons. The van der Waals surface area contributed by atoms with Crippen molar-refractivity contribution in [2.45, 2.75) is 25.9 Å². The molecule has 0 aliphatic rings. The van der Waals surface area contributed by atoms with Crippen molar-refractivity contribution in [2.24, 2.45) is 0 Å². The Morgan fingerprint density at radius 1 is 0.837 bits per heavy atom. The van der Waals surface area contributed by atoms with Crippen LogP contribution >= 0.6 is 0 Å². The lowest BCUT2D eigenvalue weighted by Gasteiger charge is -2.11. The minimum atomic E-state index is -4.65. The van der Waals surface area contributed by atoms with Crippen LogP contribution in [0.2, 0.25) is 0 Å². The summed E-state index contributed by atoms with van der Waals surface area (Å²) in [5.74, 6) is -0.777. The average molecular weight is 584 g/mol. The van der Waals surface area contributed by atoms with E-state index in [1.807, 2.05) is 37.3 Å². The van der Waals surface area contributed by atoms with Gasteiger partial charge in [0.2, 0.25) is 5.91 Å². The van der Waals surface area contributed by atoms with Crippen LogP contribution < -0.4 is 10.6 Å². The molecule has 5 rings (SSSR count). The first-order valence-corrected chi connectivity index (χ1v) is 13.5. The third-order valence-electron chi connectivity index (χ3n) is 6.89. The lowest BCUT2D eigenvalue weighted by atomic mass is 10.0. The second-order valence-electron chi connectivity index (χ2n) is 9.98. The smallest absolute Gasteiger partial charge is 0.359 e. The maximum absolute atomic E-state index is 13.0. The Labute approximate surface area is 246 Å². The first kappa shape index (κ1) is 29.2. The number of aromatic nitrogens is 3. The Balaban J connectivity index is 1.41. The van der Waals surface area contributed by atoms with E-state index in [4.69, 9.17) is 5.10 Å². The summed E-state index contributed by atoms with van der Waals surface area (Å²) >= 11 is 0. The molecule has 43 heavy (non-hydrogen) atoms. The van der Waals surface area contributed by atoms with Gasteiger partial charge in [0.25, 0.3) is 5.91 Å². The monoisotopic (exact) mass is 583 g/mol. The molecule has 3 aromatic carbocycles. The number of carbonyl (C=O) groups excluding carboxylic acids is 2. The Morgan fingerprint density at radius 2 is 1.47 bits per heavy atom. The predicted molar refractivity (Wildman–Crippen MR) is 159 cm³/mol. The second-order valence-corrected chi connectivity index (χ2v) is 9.98. The van der Waals surface area contributed by atoms with Crippen molar-refractivity contribution in [3.63, 3.8) is 0 Å². The zero-order chi connectivity index (χ0) is 30.6. The van der Waals surface area contributed by atoms with Gasteiger partial charge in [-0.2, -0.15) is 18.3 Å². The highest BCUT2D eigenvalue weighted by Gasteiger charge is 2.33. The van der Waals surface area contributed by atoms with Gasteiger partial charge >= 0.3 is 6.18 Å². The second kappa shape index (κ2) is 12.3. The van der Waals surface area contributed by atoms with Crippen molar-refractivity contribution in [3.05, 3.63) is 120 Å². The van der Waals surface area contributed by atoms with Crippen LogP contribution in [0.5, 0.6) is 0 Å². The Bertz CT molecular complexity index is 1740. The number of hydrogen-bond donors (Lipinski definition) is 2. The number of pyridine rings is 1. The third kappa shape index (κ3) is 6.98. The molecule has 2 amide bonds. The topological polar surface area (TPSA) is 88.9 Å². The summed E-state index contributed by atoms with van der Waals surface area (Å²) in [6, 6.07) is 27.1. The number of benzene rings is 3. The zero-order valence-electron chi connectivity index (χ0n) is 23.4. The number of carbonyl (C=O) groups is 2. The highest BCUT2D eigenvalue weighted by Crippen LogP contribution is 2.30. The molecule has 2 heterocycles. The van der Waals surface area contributed by atoms with Crippen LogP contribution in [0.1, 0.15) is 33.7 Å². The van der Waals surface area contributed by atoms with Gasteiger partial charge in [0.05, 0.1) is 17.1 Å². The molecule has 0 bridgehead atoms. The molecule has 7 nitrogen and oxygen atoms in total. The highest BCUT2D eigenvalue weighted by molar-refractivity contribution is 6.04. The molecule has 10 heteroatoms. The van der Waals surface area contributed by atoms with E-state index in [0.717, 1.165) is 34.3 Å². The van der Waals surface area contributed by atoms with Gasteiger partial charge in [0.15, 0.2) is 0 Å². The predicted octanol–water partition coefficient (Wildman–Crippen LogP) is 6.86. The van der Waals surface area contributed by atoms with Crippen molar-refractivity contribution < 1.29 is 22.8 Å².